The Morgan fingerprint density at radius 1 is 1.25 bits per heavy atom. The van der Waals surface area contributed by atoms with Gasteiger partial charge in [0.2, 0.25) is 0 Å². The molecular weight excluding hydrogens is 410 g/mol. The smallest absolute Gasteiger partial charge is 0.295 e. The second-order valence-electron chi connectivity index (χ2n) is 7.85. The summed E-state index contributed by atoms with van der Waals surface area (Å²) in [6.07, 6.45) is 3.27. The number of nitrogens with zero attached hydrogens (tertiary/aromatic N) is 2. The van der Waals surface area contributed by atoms with Crippen LogP contribution in [0.2, 0.25) is 0 Å². The van der Waals surface area contributed by atoms with E-state index in [-0.39, 0.29) is 11.3 Å². The number of morpholine rings is 1. The van der Waals surface area contributed by atoms with Crippen molar-refractivity contribution in [3.8, 4) is 5.75 Å². The first-order valence-electron chi connectivity index (χ1n) is 10.9. The summed E-state index contributed by atoms with van der Waals surface area (Å²) >= 11 is 0. The first-order valence-corrected chi connectivity index (χ1v) is 10.9. The fraction of sp³-hybridized carbons (Fsp3) is 0.375. The molecule has 4 rings (SSSR count). The van der Waals surface area contributed by atoms with Gasteiger partial charge < -0.3 is 24.4 Å². The molecule has 1 amide bonds. The van der Waals surface area contributed by atoms with Crippen LogP contribution in [0.5, 0.6) is 5.75 Å². The number of pyridine rings is 1. The van der Waals surface area contributed by atoms with Gasteiger partial charge in [-0.05, 0) is 30.7 Å². The molecule has 8 heteroatoms. The number of aliphatic hydroxyl groups is 1. The summed E-state index contributed by atoms with van der Waals surface area (Å²) in [5.74, 6) is -0.913. The van der Waals surface area contributed by atoms with Gasteiger partial charge >= 0.3 is 0 Å². The Morgan fingerprint density at radius 2 is 2.06 bits per heavy atom. The first-order chi connectivity index (χ1) is 15.6. The van der Waals surface area contributed by atoms with Gasteiger partial charge in [0.05, 0.1) is 44.5 Å². The van der Waals surface area contributed by atoms with E-state index in [1.807, 2.05) is 13.0 Å². The third-order valence-electron chi connectivity index (χ3n) is 5.86. The molecule has 168 valence electrons. The molecule has 0 spiro atoms. The predicted molar refractivity (Wildman–Crippen MR) is 117 cm³/mol. The number of hydrogen-bond donors (Lipinski definition) is 2. The van der Waals surface area contributed by atoms with Gasteiger partial charge in [-0.2, -0.15) is 0 Å². The Kier molecular flexibility index (Phi) is 6.82. The number of ketones is 1. The number of carbonyl (C=O) groups excluding carboxylic acids is 2. The minimum absolute atomic E-state index is 0.0774. The Morgan fingerprint density at radius 3 is 2.78 bits per heavy atom. The zero-order valence-corrected chi connectivity index (χ0v) is 18.1. The standard InChI is InChI=1S/C24H27N3O5/c1-2-32-19-7-3-5-17(15-19)22(28)20-21(18-6-4-8-25-16-18)27(24(30)23(20)29)10-9-26-11-13-31-14-12-26/h3-8,15-16,21,28H,2,9-14H2,1H3/p+1/b22-20+/t21-/m0/s1. The number of hydrogen-bond acceptors (Lipinski definition) is 6. The van der Waals surface area contributed by atoms with E-state index in [1.54, 1.807) is 47.6 Å². The van der Waals surface area contributed by atoms with Crippen LogP contribution in [0.25, 0.3) is 5.76 Å². The quantitative estimate of drug-likeness (QED) is 0.378. The third kappa shape index (κ3) is 4.51. The van der Waals surface area contributed by atoms with Gasteiger partial charge in [-0.25, -0.2) is 0 Å². The normalized spacial score (nSPS) is 21.2. The van der Waals surface area contributed by atoms with E-state index in [0.717, 1.165) is 13.1 Å². The number of likely N-dealkylation sites (tertiary alicyclic amines) is 1. The average Bonchev–Trinajstić information content (AvgIpc) is 3.09. The summed E-state index contributed by atoms with van der Waals surface area (Å²) in [6, 6.07) is 9.79. The SMILES string of the molecule is CCOc1cccc(/C(O)=C2\C(=O)C(=O)N(CC[NH+]3CCOCC3)[C@H]2c2cccnc2)c1. The highest BCUT2D eigenvalue weighted by molar-refractivity contribution is 6.46. The Hall–Kier alpha value is -3.23. The van der Waals surface area contributed by atoms with Crippen molar-refractivity contribution in [2.24, 2.45) is 0 Å². The number of rotatable bonds is 7. The van der Waals surface area contributed by atoms with Crippen molar-refractivity contribution < 1.29 is 29.1 Å². The van der Waals surface area contributed by atoms with Crippen molar-refractivity contribution in [3.05, 3.63) is 65.5 Å². The summed E-state index contributed by atoms with van der Waals surface area (Å²) in [6.45, 7) is 6.57. The molecule has 2 aromatic rings. The molecule has 2 fully saturated rings. The van der Waals surface area contributed by atoms with Crippen molar-refractivity contribution in [1.82, 2.24) is 9.88 Å². The molecule has 1 atom stereocenters. The number of aliphatic hydroxyl groups excluding tert-OH is 1. The second kappa shape index (κ2) is 9.93. The molecule has 0 saturated carbocycles. The molecule has 2 saturated heterocycles. The number of benzene rings is 1. The lowest BCUT2D eigenvalue weighted by atomic mass is 9.96. The molecule has 8 nitrogen and oxygen atoms in total. The zero-order valence-electron chi connectivity index (χ0n) is 18.1. The average molecular weight is 439 g/mol. The molecule has 2 aliphatic heterocycles. The molecule has 1 aromatic heterocycles. The van der Waals surface area contributed by atoms with Crippen molar-refractivity contribution in [2.75, 3.05) is 46.0 Å². The van der Waals surface area contributed by atoms with Gasteiger partial charge in [-0.3, -0.25) is 14.6 Å². The molecule has 1 aromatic carbocycles. The molecule has 32 heavy (non-hydrogen) atoms. The van der Waals surface area contributed by atoms with Gasteiger partial charge in [0, 0.05) is 18.0 Å². The maximum atomic E-state index is 13.1. The molecule has 0 aliphatic carbocycles. The molecular formula is C24H28N3O5+. The second-order valence-corrected chi connectivity index (χ2v) is 7.85. The van der Waals surface area contributed by atoms with Crippen LogP contribution in [0.4, 0.5) is 0 Å². The van der Waals surface area contributed by atoms with E-state index in [1.165, 1.54) is 4.90 Å². The lowest BCUT2D eigenvalue weighted by Crippen LogP contribution is -3.14. The monoisotopic (exact) mass is 438 g/mol. The maximum absolute atomic E-state index is 13.1. The minimum Gasteiger partial charge on any atom is -0.507 e. The van der Waals surface area contributed by atoms with Gasteiger partial charge in [0.25, 0.3) is 11.7 Å². The molecule has 0 unspecified atom stereocenters. The molecule has 0 bridgehead atoms. The minimum atomic E-state index is -0.695. The Bertz CT molecular complexity index is 1000. The Labute approximate surface area is 187 Å². The summed E-state index contributed by atoms with van der Waals surface area (Å²) in [5.41, 5.74) is 1.20. The lowest BCUT2D eigenvalue weighted by molar-refractivity contribution is -0.907. The van der Waals surface area contributed by atoms with Crippen LogP contribution in [-0.4, -0.2) is 72.7 Å². The summed E-state index contributed by atoms with van der Waals surface area (Å²) in [4.78, 5) is 33.2. The number of amides is 1. The van der Waals surface area contributed by atoms with E-state index in [9.17, 15) is 14.7 Å². The van der Waals surface area contributed by atoms with Gasteiger partial charge in [0.15, 0.2) is 0 Å². The van der Waals surface area contributed by atoms with E-state index >= 15 is 0 Å². The molecule has 2 aliphatic rings. The van der Waals surface area contributed by atoms with Gasteiger partial charge in [-0.15, -0.1) is 0 Å². The first kappa shape index (κ1) is 22.0. The van der Waals surface area contributed by atoms with E-state index < -0.39 is 17.7 Å². The summed E-state index contributed by atoms with van der Waals surface area (Å²) in [5, 5.41) is 11.1. The van der Waals surface area contributed by atoms with Crippen LogP contribution in [0.1, 0.15) is 24.1 Å². The van der Waals surface area contributed by atoms with Gasteiger partial charge in [0.1, 0.15) is 24.6 Å². The largest absolute Gasteiger partial charge is 0.507 e. The summed E-state index contributed by atoms with van der Waals surface area (Å²) in [7, 11) is 0. The van der Waals surface area contributed by atoms with E-state index in [2.05, 4.69) is 4.98 Å². The van der Waals surface area contributed by atoms with E-state index in [4.69, 9.17) is 9.47 Å². The fourth-order valence-corrected chi connectivity index (χ4v) is 4.24. The van der Waals surface area contributed by atoms with Crippen molar-refractivity contribution >= 4 is 17.4 Å². The van der Waals surface area contributed by atoms with Crippen molar-refractivity contribution in [3.63, 3.8) is 0 Å². The molecule has 3 heterocycles. The number of ether oxygens (including phenoxy) is 2. The summed E-state index contributed by atoms with van der Waals surface area (Å²) < 4.78 is 10.9. The van der Waals surface area contributed by atoms with Crippen LogP contribution in [0, 0.1) is 0 Å². The number of carbonyl (C=O) groups is 2. The highest BCUT2D eigenvalue weighted by Gasteiger charge is 2.46. The highest BCUT2D eigenvalue weighted by atomic mass is 16.5. The number of aromatic nitrogens is 1. The van der Waals surface area contributed by atoms with E-state index in [0.29, 0.717) is 49.8 Å². The maximum Gasteiger partial charge on any atom is 0.295 e. The van der Waals surface area contributed by atoms with Crippen LogP contribution in [-0.2, 0) is 14.3 Å². The van der Waals surface area contributed by atoms with Crippen molar-refractivity contribution in [2.45, 2.75) is 13.0 Å². The van der Waals surface area contributed by atoms with Crippen LogP contribution in [0.15, 0.2) is 54.4 Å². The number of nitrogens with one attached hydrogen (secondary N) is 1. The lowest BCUT2D eigenvalue weighted by Gasteiger charge is -2.29. The highest BCUT2D eigenvalue weighted by Crippen LogP contribution is 2.39. The van der Waals surface area contributed by atoms with Crippen LogP contribution >= 0.6 is 0 Å². The molecule has 0 radical (unpaired) electrons. The third-order valence-corrected chi connectivity index (χ3v) is 5.86. The number of Topliss-reactive ketones (excluding diaryl/α,β-unsaturated/α-hetero) is 1. The Balaban J connectivity index is 1.71. The molecule has 2 N–H and O–H groups in total. The number of quaternary nitrogens is 1. The predicted octanol–water partition coefficient (Wildman–Crippen LogP) is 0.817. The van der Waals surface area contributed by atoms with Crippen molar-refractivity contribution in [1.29, 1.82) is 0 Å². The topological polar surface area (TPSA) is 93.4 Å². The van der Waals surface area contributed by atoms with Crippen LogP contribution < -0.4 is 9.64 Å². The van der Waals surface area contributed by atoms with Gasteiger partial charge in [-0.1, -0.05) is 18.2 Å². The fourth-order valence-electron chi connectivity index (χ4n) is 4.24. The van der Waals surface area contributed by atoms with Crippen LogP contribution in [0.3, 0.4) is 0 Å². The zero-order chi connectivity index (χ0) is 22.5.